The normalized spacial score (nSPS) is 22.7. The molecule has 1 aliphatic carbocycles. The monoisotopic (exact) mass is 187 g/mol. The lowest BCUT2D eigenvalue weighted by Gasteiger charge is -2.30. The highest BCUT2D eigenvalue weighted by Crippen LogP contribution is 2.33. The molecule has 0 amide bonds. The first-order chi connectivity index (χ1) is 6.15. The van der Waals surface area contributed by atoms with Crippen molar-refractivity contribution in [2.75, 3.05) is 13.7 Å². The van der Waals surface area contributed by atoms with Crippen LogP contribution in [0.2, 0.25) is 0 Å². The van der Waals surface area contributed by atoms with Gasteiger partial charge in [0.05, 0.1) is 13.7 Å². The Balaban J connectivity index is 2.72. The molecule has 4 nitrogen and oxygen atoms in total. The second-order valence-corrected chi connectivity index (χ2v) is 3.67. The van der Waals surface area contributed by atoms with Gasteiger partial charge >= 0.3 is 5.97 Å². The minimum atomic E-state index is -1.18. The summed E-state index contributed by atoms with van der Waals surface area (Å²) in [6.07, 6.45) is 3.99. The Morgan fingerprint density at radius 1 is 1.62 bits per heavy atom. The van der Waals surface area contributed by atoms with Gasteiger partial charge in [0.15, 0.2) is 0 Å². The van der Waals surface area contributed by atoms with E-state index in [-0.39, 0.29) is 12.5 Å². The Morgan fingerprint density at radius 3 is 2.54 bits per heavy atom. The first kappa shape index (κ1) is 10.5. The van der Waals surface area contributed by atoms with Gasteiger partial charge in [0.25, 0.3) is 0 Å². The van der Waals surface area contributed by atoms with Gasteiger partial charge in [-0.05, 0) is 18.8 Å². The number of carbonyl (C=O) groups is 1. The molecule has 0 aromatic rings. The van der Waals surface area contributed by atoms with Crippen molar-refractivity contribution in [2.45, 2.75) is 31.2 Å². The van der Waals surface area contributed by atoms with Gasteiger partial charge in [-0.15, -0.1) is 0 Å². The highest BCUT2D eigenvalue weighted by atomic mass is 16.5. The van der Waals surface area contributed by atoms with E-state index in [1.807, 2.05) is 0 Å². The molecule has 0 saturated heterocycles. The molecule has 1 unspecified atom stereocenters. The zero-order valence-electron chi connectivity index (χ0n) is 7.95. The van der Waals surface area contributed by atoms with Crippen molar-refractivity contribution in [1.82, 2.24) is 0 Å². The van der Waals surface area contributed by atoms with Crippen molar-refractivity contribution in [3.05, 3.63) is 0 Å². The maximum Gasteiger partial charge on any atom is 0.328 e. The summed E-state index contributed by atoms with van der Waals surface area (Å²) >= 11 is 0. The molecular formula is C9H17NO3. The molecular weight excluding hydrogens is 170 g/mol. The van der Waals surface area contributed by atoms with Crippen LogP contribution in [0.4, 0.5) is 0 Å². The summed E-state index contributed by atoms with van der Waals surface area (Å²) < 4.78 is 4.59. The molecule has 1 rings (SSSR count). The van der Waals surface area contributed by atoms with Crippen molar-refractivity contribution in [1.29, 1.82) is 0 Å². The van der Waals surface area contributed by atoms with Crippen molar-refractivity contribution in [2.24, 2.45) is 11.7 Å². The fourth-order valence-corrected chi connectivity index (χ4v) is 1.99. The third-order valence-corrected chi connectivity index (χ3v) is 2.91. The third-order valence-electron chi connectivity index (χ3n) is 2.91. The van der Waals surface area contributed by atoms with Crippen molar-refractivity contribution in [3.8, 4) is 0 Å². The number of nitrogens with two attached hydrogens (primary N) is 1. The first-order valence-corrected chi connectivity index (χ1v) is 4.63. The van der Waals surface area contributed by atoms with E-state index in [4.69, 9.17) is 10.8 Å². The van der Waals surface area contributed by atoms with E-state index in [1.165, 1.54) is 7.11 Å². The van der Waals surface area contributed by atoms with Gasteiger partial charge in [0.2, 0.25) is 0 Å². The number of hydrogen-bond acceptors (Lipinski definition) is 4. The van der Waals surface area contributed by atoms with Crippen LogP contribution in [0, 0.1) is 5.92 Å². The summed E-state index contributed by atoms with van der Waals surface area (Å²) in [4.78, 5) is 11.3. The minimum Gasteiger partial charge on any atom is -0.468 e. The highest BCUT2D eigenvalue weighted by molar-refractivity contribution is 5.81. The molecule has 3 N–H and O–H groups in total. The first-order valence-electron chi connectivity index (χ1n) is 4.63. The summed E-state index contributed by atoms with van der Waals surface area (Å²) in [5, 5.41) is 9.12. The Hall–Kier alpha value is -0.610. The Bertz CT molecular complexity index is 189. The van der Waals surface area contributed by atoms with Crippen LogP contribution >= 0.6 is 0 Å². The van der Waals surface area contributed by atoms with E-state index in [0.717, 1.165) is 25.7 Å². The topological polar surface area (TPSA) is 72.5 Å². The lowest BCUT2D eigenvalue weighted by atomic mass is 9.84. The van der Waals surface area contributed by atoms with Crippen LogP contribution in [0.25, 0.3) is 0 Å². The number of hydrogen-bond donors (Lipinski definition) is 2. The Kier molecular flexibility index (Phi) is 3.27. The quantitative estimate of drug-likeness (QED) is 0.612. The predicted molar refractivity (Wildman–Crippen MR) is 48.0 cm³/mol. The number of rotatable bonds is 3. The molecule has 0 radical (unpaired) electrons. The average molecular weight is 187 g/mol. The van der Waals surface area contributed by atoms with Gasteiger partial charge in [0.1, 0.15) is 5.54 Å². The molecule has 0 aromatic heterocycles. The second-order valence-electron chi connectivity index (χ2n) is 3.67. The zero-order chi connectivity index (χ0) is 9.90. The van der Waals surface area contributed by atoms with Crippen LogP contribution in [0.5, 0.6) is 0 Å². The number of esters is 1. The SMILES string of the molecule is COC(=O)C(N)(CO)C1CCCC1. The maximum atomic E-state index is 11.3. The highest BCUT2D eigenvalue weighted by Gasteiger charge is 2.43. The smallest absolute Gasteiger partial charge is 0.328 e. The Labute approximate surface area is 78.1 Å². The molecule has 0 aliphatic heterocycles. The van der Waals surface area contributed by atoms with Crippen molar-refractivity contribution < 1.29 is 14.6 Å². The number of ether oxygens (including phenoxy) is 1. The lowest BCUT2D eigenvalue weighted by Crippen LogP contribution is -2.57. The molecule has 1 aliphatic rings. The van der Waals surface area contributed by atoms with Crippen molar-refractivity contribution >= 4 is 5.97 Å². The van der Waals surface area contributed by atoms with Crippen LogP contribution in [-0.4, -0.2) is 30.3 Å². The van der Waals surface area contributed by atoms with Gasteiger partial charge in [-0.2, -0.15) is 0 Å². The minimum absolute atomic E-state index is 0.0740. The predicted octanol–water partition coefficient (Wildman–Crippen LogP) is 0.0394. The maximum absolute atomic E-state index is 11.3. The van der Waals surface area contributed by atoms with Gasteiger partial charge in [0, 0.05) is 0 Å². The van der Waals surface area contributed by atoms with Crippen LogP contribution in [0.15, 0.2) is 0 Å². The van der Waals surface area contributed by atoms with Crippen LogP contribution in [-0.2, 0) is 9.53 Å². The third kappa shape index (κ3) is 1.84. The van der Waals surface area contributed by atoms with Crippen LogP contribution in [0.3, 0.4) is 0 Å². The fourth-order valence-electron chi connectivity index (χ4n) is 1.99. The number of aliphatic hydroxyl groups is 1. The molecule has 0 bridgehead atoms. The largest absolute Gasteiger partial charge is 0.468 e. The van der Waals surface area contributed by atoms with Gasteiger partial charge in [-0.3, -0.25) is 0 Å². The molecule has 76 valence electrons. The molecule has 1 atom stereocenters. The molecule has 0 aromatic carbocycles. The Morgan fingerprint density at radius 2 is 2.15 bits per heavy atom. The van der Waals surface area contributed by atoms with Crippen molar-refractivity contribution in [3.63, 3.8) is 0 Å². The molecule has 0 heterocycles. The number of methoxy groups -OCH3 is 1. The van der Waals surface area contributed by atoms with E-state index in [2.05, 4.69) is 4.74 Å². The van der Waals surface area contributed by atoms with E-state index in [0.29, 0.717) is 0 Å². The molecule has 1 fully saturated rings. The van der Waals surface area contributed by atoms with Gasteiger partial charge < -0.3 is 15.6 Å². The van der Waals surface area contributed by atoms with Crippen LogP contribution < -0.4 is 5.73 Å². The van der Waals surface area contributed by atoms with Crippen LogP contribution in [0.1, 0.15) is 25.7 Å². The standard InChI is InChI=1S/C9H17NO3/c1-13-8(12)9(10,6-11)7-4-2-3-5-7/h7,11H,2-6,10H2,1H3. The number of aliphatic hydroxyl groups excluding tert-OH is 1. The summed E-state index contributed by atoms with van der Waals surface area (Å²) in [5.41, 5.74) is 4.66. The molecule has 1 saturated carbocycles. The number of carbonyl (C=O) groups excluding carboxylic acids is 1. The zero-order valence-corrected chi connectivity index (χ0v) is 7.95. The molecule has 13 heavy (non-hydrogen) atoms. The van der Waals surface area contributed by atoms with E-state index in [1.54, 1.807) is 0 Å². The molecule has 4 heteroatoms. The summed E-state index contributed by atoms with van der Waals surface area (Å²) in [6.45, 7) is -0.329. The lowest BCUT2D eigenvalue weighted by molar-refractivity contribution is -0.151. The summed E-state index contributed by atoms with van der Waals surface area (Å²) in [7, 11) is 1.30. The van der Waals surface area contributed by atoms with E-state index in [9.17, 15) is 4.79 Å². The van der Waals surface area contributed by atoms with E-state index >= 15 is 0 Å². The fraction of sp³-hybridized carbons (Fsp3) is 0.889. The second kappa shape index (κ2) is 4.07. The van der Waals surface area contributed by atoms with Gasteiger partial charge in [-0.1, -0.05) is 12.8 Å². The summed E-state index contributed by atoms with van der Waals surface area (Å²) in [5.74, 6) is -0.424. The average Bonchev–Trinajstić information content (AvgIpc) is 2.68. The van der Waals surface area contributed by atoms with Gasteiger partial charge in [-0.25, -0.2) is 4.79 Å². The van der Waals surface area contributed by atoms with E-state index < -0.39 is 11.5 Å². The summed E-state index contributed by atoms with van der Waals surface area (Å²) in [6, 6.07) is 0. The molecule has 0 spiro atoms.